The maximum atomic E-state index is 8.93. The van der Waals surface area contributed by atoms with Gasteiger partial charge in [0.1, 0.15) is 18.3 Å². The Hall–Kier alpha value is -0.240. The highest BCUT2D eigenvalue weighted by atomic mass is 16.6. The predicted octanol–water partition coefficient (Wildman–Crippen LogP) is -0.245. The topological polar surface area (TPSA) is 69.2 Å². The van der Waals surface area contributed by atoms with Crippen molar-refractivity contribution >= 4 is 0 Å². The molecule has 6 nitrogen and oxygen atoms in total. The van der Waals surface area contributed by atoms with Crippen molar-refractivity contribution in [3.8, 4) is 0 Å². The zero-order valence-electron chi connectivity index (χ0n) is 9.47. The van der Waals surface area contributed by atoms with Crippen molar-refractivity contribution in [2.75, 3.05) is 21.3 Å². The molecule has 0 aromatic rings. The normalized spacial score (nSPS) is 41.8. The van der Waals surface area contributed by atoms with Crippen molar-refractivity contribution < 1.29 is 24.2 Å². The zero-order chi connectivity index (χ0) is 11.4. The van der Waals surface area contributed by atoms with Crippen molar-refractivity contribution in [3.05, 3.63) is 0 Å². The van der Waals surface area contributed by atoms with Gasteiger partial charge in [0, 0.05) is 21.3 Å². The molecule has 0 spiro atoms. The van der Waals surface area contributed by atoms with Gasteiger partial charge in [-0.25, -0.2) is 0 Å². The minimum atomic E-state index is -0.610. The fourth-order valence-electron chi connectivity index (χ4n) is 1.97. The molecule has 15 heavy (non-hydrogen) atoms. The lowest BCUT2D eigenvalue weighted by Gasteiger charge is -2.43. The van der Waals surface area contributed by atoms with E-state index in [4.69, 9.17) is 24.2 Å². The first-order valence-electron chi connectivity index (χ1n) is 4.83. The van der Waals surface area contributed by atoms with Gasteiger partial charge in [0.25, 0.3) is 0 Å². The third-order valence-electron chi connectivity index (χ3n) is 2.71. The molecule has 0 aromatic carbocycles. The Balaban J connectivity index is 2.80. The minimum Gasteiger partial charge on any atom is -0.376 e. The smallest absolute Gasteiger partial charge is 0.159 e. The van der Waals surface area contributed by atoms with E-state index in [1.165, 1.54) is 7.11 Å². The van der Waals surface area contributed by atoms with Crippen LogP contribution in [-0.2, 0) is 18.9 Å². The molecule has 0 radical (unpaired) electrons. The van der Waals surface area contributed by atoms with Crippen LogP contribution >= 0.6 is 0 Å². The van der Waals surface area contributed by atoms with E-state index in [1.807, 2.05) is 6.92 Å². The summed E-state index contributed by atoms with van der Waals surface area (Å²) in [4.78, 5) is 0. The monoisotopic (exact) mass is 221 g/mol. The molecule has 6 heteroatoms. The number of hydroxylamine groups is 1. The third-order valence-corrected chi connectivity index (χ3v) is 2.71. The second kappa shape index (κ2) is 5.74. The minimum absolute atomic E-state index is 0.184. The molecular weight excluding hydrogens is 202 g/mol. The molecule has 0 aliphatic carbocycles. The summed E-state index contributed by atoms with van der Waals surface area (Å²) in [6.45, 7) is 1.86. The molecule has 0 saturated carbocycles. The van der Waals surface area contributed by atoms with Crippen LogP contribution < -0.4 is 5.48 Å². The van der Waals surface area contributed by atoms with Crippen molar-refractivity contribution in [2.45, 2.75) is 37.6 Å². The second-order valence-electron chi connectivity index (χ2n) is 3.49. The van der Waals surface area contributed by atoms with E-state index in [0.717, 1.165) is 0 Å². The Morgan fingerprint density at radius 1 is 1.00 bits per heavy atom. The van der Waals surface area contributed by atoms with Gasteiger partial charge in [-0.3, -0.25) is 0 Å². The van der Waals surface area contributed by atoms with E-state index in [-0.39, 0.29) is 18.3 Å². The lowest BCUT2D eigenvalue weighted by atomic mass is 9.98. The molecule has 0 amide bonds. The molecular formula is C9H19NO5. The largest absolute Gasteiger partial charge is 0.376 e. The maximum Gasteiger partial charge on any atom is 0.159 e. The highest BCUT2D eigenvalue weighted by Crippen LogP contribution is 2.25. The van der Waals surface area contributed by atoms with Crippen LogP contribution in [0.2, 0.25) is 0 Å². The van der Waals surface area contributed by atoms with Gasteiger partial charge in [0.05, 0.1) is 6.10 Å². The summed E-state index contributed by atoms with van der Waals surface area (Å²) >= 11 is 0. The first-order valence-corrected chi connectivity index (χ1v) is 4.83. The fraction of sp³-hybridized carbons (Fsp3) is 1.00. The second-order valence-corrected chi connectivity index (χ2v) is 3.49. The van der Waals surface area contributed by atoms with Crippen LogP contribution in [0.4, 0.5) is 0 Å². The molecule has 1 aliphatic heterocycles. The number of hydrogen-bond donors (Lipinski definition) is 2. The van der Waals surface area contributed by atoms with Gasteiger partial charge in [-0.2, -0.15) is 5.48 Å². The highest BCUT2D eigenvalue weighted by Gasteiger charge is 2.45. The first kappa shape index (κ1) is 12.8. The van der Waals surface area contributed by atoms with E-state index in [9.17, 15) is 0 Å². The van der Waals surface area contributed by atoms with Crippen molar-refractivity contribution in [1.82, 2.24) is 5.48 Å². The molecule has 5 atom stereocenters. The molecule has 1 aliphatic rings. The summed E-state index contributed by atoms with van der Waals surface area (Å²) in [5, 5.41) is 8.93. The molecule has 0 aromatic heterocycles. The van der Waals surface area contributed by atoms with Crippen LogP contribution in [0.1, 0.15) is 6.92 Å². The van der Waals surface area contributed by atoms with Crippen LogP contribution in [0.5, 0.6) is 0 Å². The summed E-state index contributed by atoms with van der Waals surface area (Å²) in [6, 6.07) is 0. The van der Waals surface area contributed by atoms with Gasteiger partial charge in [-0.1, -0.05) is 0 Å². The summed E-state index contributed by atoms with van der Waals surface area (Å²) in [7, 11) is 4.71. The molecule has 5 unspecified atom stereocenters. The van der Waals surface area contributed by atoms with Crippen LogP contribution in [0.3, 0.4) is 0 Å². The van der Waals surface area contributed by atoms with E-state index in [1.54, 1.807) is 14.2 Å². The first-order chi connectivity index (χ1) is 7.19. The predicted molar refractivity (Wildman–Crippen MR) is 51.6 cm³/mol. The number of methoxy groups -OCH3 is 3. The van der Waals surface area contributed by atoms with Crippen LogP contribution in [0, 0.1) is 0 Å². The average molecular weight is 221 g/mol. The zero-order valence-corrected chi connectivity index (χ0v) is 9.47. The third kappa shape index (κ3) is 2.47. The summed E-state index contributed by atoms with van der Waals surface area (Å²) < 4.78 is 21.3. The number of ether oxygens (including phenoxy) is 4. The van der Waals surface area contributed by atoms with E-state index in [2.05, 4.69) is 5.48 Å². The van der Waals surface area contributed by atoms with Crippen molar-refractivity contribution in [3.63, 3.8) is 0 Å². The molecule has 2 N–H and O–H groups in total. The Kier molecular flexibility index (Phi) is 4.91. The Labute approximate surface area is 89.4 Å². The van der Waals surface area contributed by atoms with Crippen molar-refractivity contribution in [1.29, 1.82) is 0 Å². The maximum absolute atomic E-state index is 8.93. The fourth-order valence-corrected chi connectivity index (χ4v) is 1.97. The number of rotatable bonds is 4. The van der Waals surface area contributed by atoms with E-state index >= 15 is 0 Å². The quantitative estimate of drug-likeness (QED) is 0.638. The van der Waals surface area contributed by atoms with Gasteiger partial charge in [-0.15, -0.1) is 0 Å². The molecule has 1 rings (SSSR count). The molecule has 1 saturated heterocycles. The molecule has 0 bridgehead atoms. The Bertz CT molecular complexity index is 191. The molecule has 1 heterocycles. The molecule has 90 valence electrons. The summed E-state index contributed by atoms with van der Waals surface area (Å²) in [6.07, 6.45) is -1.71. The van der Waals surface area contributed by atoms with Crippen LogP contribution in [0.25, 0.3) is 0 Å². The number of hydrogen-bond acceptors (Lipinski definition) is 6. The van der Waals surface area contributed by atoms with E-state index < -0.39 is 12.3 Å². The highest BCUT2D eigenvalue weighted by molar-refractivity contribution is 4.91. The SMILES string of the molecule is COC1C(C)OC(NO)C(OC)C1OC. The molecule has 1 fully saturated rings. The van der Waals surface area contributed by atoms with Gasteiger partial charge in [0.2, 0.25) is 0 Å². The summed E-state index contributed by atoms with van der Waals surface area (Å²) in [5.41, 5.74) is 2.06. The lowest BCUT2D eigenvalue weighted by molar-refractivity contribution is -0.261. The van der Waals surface area contributed by atoms with Crippen LogP contribution in [-0.4, -0.2) is 57.2 Å². The van der Waals surface area contributed by atoms with Gasteiger partial charge >= 0.3 is 0 Å². The standard InChI is InChI=1S/C9H19NO5/c1-5-6(12-2)7(13-3)8(14-4)9(10-11)15-5/h5-11H,1-4H3. The van der Waals surface area contributed by atoms with Gasteiger partial charge < -0.3 is 24.2 Å². The van der Waals surface area contributed by atoms with Crippen LogP contribution in [0.15, 0.2) is 0 Å². The lowest BCUT2D eigenvalue weighted by Crippen LogP contribution is -2.62. The van der Waals surface area contributed by atoms with Gasteiger partial charge in [0.15, 0.2) is 6.23 Å². The Morgan fingerprint density at radius 3 is 1.93 bits per heavy atom. The Morgan fingerprint density at radius 2 is 1.53 bits per heavy atom. The number of nitrogens with one attached hydrogen (secondary N) is 1. The summed E-state index contributed by atoms with van der Waals surface area (Å²) in [5.74, 6) is 0. The van der Waals surface area contributed by atoms with Gasteiger partial charge in [-0.05, 0) is 6.92 Å². The average Bonchev–Trinajstić information content (AvgIpc) is 2.27. The van der Waals surface area contributed by atoms with E-state index in [0.29, 0.717) is 0 Å². The van der Waals surface area contributed by atoms with Crippen molar-refractivity contribution in [2.24, 2.45) is 0 Å².